The van der Waals surface area contributed by atoms with Crippen LogP contribution in [0.3, 0.4) is 0 Å². The van der Waals surface area contributed by atoms with Gasteiger partial charge in [0.05, 0.1) is 0 Å². The van der Waals surface area contributed by atoms with Crippen molar-refractivity contribution in [2.75, 3.05) is 6.54 Å². The van der Waals surface area contributed by atoms with E-state index < -0.39 is 0 Å². The van der Waals surface area contributed by atoms with Crippen molar-refractivity contribution in [2.24, 2.45) is 18.7 Å². The Labute approximate surface area is 105 Å². The summed E-state index contributed by atoms with van der Waals surface area (Å²) in [5.74, 6) is 2.78. The van der Waals surface area contributed by atoms with Gasteiger partial charge in [-0.15, -0.1) is 0 Å². The van der Waals surface area contributed by atoms with Crippen LogP contribution in [0, 0.1) is 5.92 Å². The Balaban J connectivity index is 1.88. The summed E-state index contributed by atoms with van der Waals surface area (Å²) in [6.07, 6.45) is 7.02. The first-order valence-electron chi connectivity index (χ1n) is 6.31. The van der Waals surface area contributed by atoms with Gasteiger partial charge in [0.2, 0.25) is 11.7 Å². The molecular weight excluding hydrogens is 230 g/mol. The lowest BCUT2D eigenvalue weighted by Gasteiger charge is -2.12. The van der Waals surface area contributed by atoms with E-state index in [1.54, 1.807) is 6.20 Å². The fourth-order valence-electron chi connectivity index (χ4n) is 2.70. The van der Waals surface area contributed by atoms with E-state index in [0.717, 1.165) is 18.7 Å². The maximum Gasteiger partial charge on any atom is 0.238 e. The van der Waals surface area contributed by atoms with Gasteiger partial charge in [-0.2, -0.15) is 4.98 Å². The Morgan fingerprint density at radius 1 is 1.50 bits per heavy atom. The molecule has 0 aromatic carbocycles. The van der Waals surface area contributed by atoms with Crippen molar-refractivity contribution in [1.29, 1.82) is 0 Å². The Morgan fingerprint density at radius 2 is 2.39 bits per heavy atom. The van der Waals surface area contributed by atoms with Gasteiger partial charge in [-0.05, 0) is 25.3 Å². The lowest BCUT2D eigenvalue weighted by atomic mass is 9.96. The first kappa shape index (κ1) is 11.4. The van der Waals surface area contributed by atoms with Crippen LogP contribution in [0.2, 0.25) is 0 Å². The molecule has 0 spiro atoms. The summed E-state index contributed by atoms with van der Waals surface area (Å²) in [6, 6.07) is 0. The summed E-state index contributed by atoms with van der Waals surface area (Å²) in [4.78, 5) is 8.70. The molecule has 0 bridgehead atoms. The Morgan fingerprint density at radius 3 is 3.11 bits per heavy atom. The van der Waals surface area contributed by atoms with Crippen LogP contribution in [0.5, 0.6) is 0 Å². The van der Waals surface area contributed by atoms with Crippen LogP contribution in [0.1, 0.15) is 31.1 Å². The van der Waals surface area contributed by atoms with Crippen LogP contribution >= 0.6 is 0 Å². The monoisotopic (exact) mass is 247 g/mol. The average molecular weight is 247 g/mol. The largest absolute Gasteiger partial charge is 0.339 e. The minimum Gasteiger partial charge on any atom is -0.339 e. The number of aromatic nitrogens is 4. The first-order valence-corrected chi connectivity index (χ1v) is 6.31. The Bertz CT molecular complexity index is 532. The highest BCUT2D eigenvalue weighted by Gasteiger charge is 2.32. The molecule has 2 atom stereocenters. The summed E-state index contributed by atoms with van der Waals surface area (Å²) in [7, 11) is 1.91. The molecule has 2 aromatic heterocycles. The van der Waals surface area contributed by atoms with E-state index in [2.05, 4.69) is 15.1 Å². The minimum absolute atomic E-state index is 0.316. The second-order valence-corrected chi connectivity index (χ2v) is 4.85. The van der Waals surface area contributed by atoms with Gasteiger partial charge >= 0.3 is 0 Å². The number of aryl methyl sites for hydroxylation is 1. The Hall–Kier alpha value is -1.69. The Kier molecular flexibility index (Phi) is 2.87. The summed E-state index contributed by atoms with van der Waals surface area (Å²) >= 11 is 0. The van der Waals surface area contributed by atoms with Crippen molar-refractivity contribution in [3.8, 4) is 11.6 Å². The van der Waals surface area contributed by atoms with Gasteiger partial charge in [-0.3, -0.25) is 0 Å². The zero-order valence-electron chi connectivity index (χ0n) is 10.4. The normalized spacial score (nSPS) is 23.7. The zero-order chi connectivity index (χ0) is 12.5. The van der Waals surface area contributed by atoms with E-state index >= 15 is 0 Å². The highest BCUT2D eigenvalue weighted by atomic mass is 16.5. The molecule has 2 aromatic rings. The smallest absolute Gasteiger partial charge is 0.238 e. The molecule has 1 aliphatic rings. The quantitative estimate of drug-likeness (QED) is 0.884. The lowest BCUT2D eigenvalue weighted by Crippen LogP contribution is -2.17. The molecule has 2 heterocycles. The molecule has 0 aliphatic heterocycles. The molecule has 6 heteroatoms. The summed E-state index contributed by atoms with van der Waals surface area (Å²) < 4.78 is 7.27. The number of hydrogen-bond acceptors (Lipinski definition) is 5. The van der Waals surface area contributed by atoms with Crippen molar-refractivity contribution in [1.82, 2.24) is 19.7 Å². The number of nitrogens with two attached hydrogens (primary N) is 1. The van der Waals surface area contributed by atoms with Crippen LogP contribution in [0.4, 0.5) is 0 Å². The summed E-state index contributed by atoms with van der Waals surface area (Å²) in [6.45, 7) is 0.685. The maximum absolute atomic E-state index is 5.78. The van der Waals surface area contributed by atoms with Crippen LogP contribution in [-0.4, -0.2) is 26.2 Å². The SMILES string of the molecule is Cn1ccnc1-c1noc(C2CCCC2CN)n1. The van der Waals surface area contributed by atoms with Crippen LogP contribution in [-0.2, 0) is 7.05 Å². The highest BCUT2D eigenvalue weighted by Crippen LogP contribution is 2.38. The highest BCUT2D eigenvalue weighted by molar-refractivity contribution is 5.42. The summed E-state index contributed by atoms with van der Waals surface area (Å²) in [5, 5.41) is 4.02. The molecule has 1 aliphatic carbocycles. The predicted octanol–water partition coefficient (Wildman–Crippen LogP) is 1.31. The van der Waals surface area contributed by atoms with Crippen LogP contribution in [0.25, 0.3) is 11.6 Å². The topological polar surface area (TPSA) is 82.8 Å². The van der Waals surface area contributed by atoms with Crippen molar-refractivity contribution < 1.29 is 4.52 Å². The zero-order valence-corrected chi connectivity index (χ0v) is 10.4. The first-order chi connectivity index (χ1) is 8.79. The van der Waals surface area contributed by atoms with Crippen molar-refractivity contribution in [3.63, 3.8) is 0 Å². The number of nitrogens with zero attached hydrogens (tertiary/aromatic N) is 4. The number of rotatable bonds is 3. The molecule has 1 fully saturated rings. The summed E-state index contributed by atoms with van der Waals surface area (Å²) in [5.41, 5.74) is 5.78. The molecular formula is C12H17N5O. The fraction of sp³-hybridized carbons (Fsp3) is 0.583. The lowest BCUT2D eigenvalue weighted by molar-refractivity contribution is 0.325. The molecule has 0 radical (unpaired) electrons. The van der Waals surface area contributed by atoms with E-state index in [-0.39, 0.29) is 0 Å². The maximum atomic E-state index is 5.78. The van der Waals surface area contributed by atoms with Gasteiger partial charge < -0.3 is 14.8 Å². The van der Waals surface area contributed by atoms with Crippen molar-refractivity contribution >= 4 is 0 Å². The van der Waals surface area contributed by atoms with Gasteiger partial charge in [0, 0.05) is 25.4 Å². The molecule has 0 amide bonds. The van der Waals surface area contributed by atoms with Crippen LogP contribution in [0.15, 0.2) is 16.9 Å². The van der Waals surface area contributed by atoms with Crippen molar-refractivity contribution in [2.45, 2.75) is 25.2 Å². The fourth-order valence-corrected chi connectivity index (χ4v) is 2.70. The van der Waals surface area contributed by atoms with E-state index in [1.165, 1.54) is 6.42 Å². The molecule has 3 rings (SSSR count). The number of hydrogen-bond donors (Lipinski definition) is 1. The molecule has 6 nitrogen and oxygen atoms in total. The van der Waals surface area contributed by atoms with E-state index in [1.807, 2.05) is 17.8 Å². The van der Waals surface area contributed by atoms with Gasteiger partial charge in [0.1, 0.15) is 0 Å². The second kappa shape index (κ2) is 4.53. The molecule has 2 N–H and O–H groups in total. The predicted molar refractivity (Wildman–Crippen MR) is 65.6 cm³/mol. The molecule has 0 saturated heterocycles. The molecule has 1 saturated carbocycles. The minimum atomic E-state index is 0.316. The third-order valence-corrected chi connectivity index (χ3v) is 3.74. The average Bonchev–Trinajstić information content (AvgIpc) is 3.06. The molecule has 2 unspecified atom stereocenters. The number of imidazole rings is 1. The van der Waals surface area contributed by atoms with Gasteiger partial charge in [0.25, 0.3) is 0 Å². The van der Waals surface area contributed by atoms with Gasteiger partial charge in [-0.25, -0.2) is 4.98 Å². The molecule has 96 valence electrons. The van der Waals surface area contributed by atoms with Crippen molar-refractivity contribution in [3.05, 3.63) is 18.3 Å². The van der Waals surface area contributed by atoms with E-state index in [0.29, 0.717) is 30.1 Å². The van der Waals surface area contributed by atoms with Gasteiger partial charge in [-0.1, -0.05) is 11.6 Å². The van der Waals surface area contributed by atoms with Crippen LogP contribution < -0.4 is 5.73 Å². The third-order valence-electron chi connectivity index (χ3n) is 3.74. The molecule has 18 heavy (non-hydrogen) atoms. The van der Waals surface area contributed by atoms with E-state index in [4.69, 9.17) is 10.3 Å². The third kappa shape index (κ3) is 1.82. The van der Waals surface area contributed by atoms with Gasteiger partial charge in [0.15, 0.2) is 5.82 Å². The van der Waals surface area contributed by atoms with E-state index in [9.17, 15) is 0 Å². The standard InChI is InChI=1S/C12H17N5O/c1-17-6-5-14-11(17)10-15-12(18-16-10)9-4-2-3-8(9)7-13/h5-6,8-9H,2-4,7,13H2,1H3. The second-order valence-electron chi connectivity index (χ2n) is 4.85.